The molecule has 106 valence electrons. The first kappa shape index (κ1) is 14.0. The van der Waals surface area contributed by atoms with Gasteiger partial charge < -0.3 is 15.0 Å². The lowest BCUT2D eigenvalue weighted by Crippen LogP contribution is -2.24. The molecule has 0 amide bonds. The molecule has 5 nitrogen and oxygen atoms in total. The van der Waals surface area contributed by atoms with Gasteiger partial charge in [-0.15, -0.1) is 0 Å². The van der Waals surface area contributed by atoms with Crippen LogP contribution in [0.25, 0.3) is 0 Å². The zero-order valence-corrected chi connectivity index (χ0v) is 11.2. The van der Waals surface area contributed by atoms with E-state index in [0.29, 0.717) is 5.69 Å². The van der Waals surface area contributed by atoms with Gasteiger partial charge in [-0.05, 0) is 26.0 Å². The van der Waals surface area contributed by atoms with E-state index in [1.807, 2.05) is 13.8 Å². The van der Waals surface area contributed by atoms with Crippen LogP contribution in [0.1, 0.15) is 31.6 Å². The smallest absolute Gasteiger partial charge is 0.332 e. The molecule has 0 aliphatic carbocycles. The van der Waals surface area contributed by atoms with Crippen LogP contribution >= 0.6 is 0 Å². The second-order valence-electron chi connectivity index (χ2n) is 4.71. The summed E-state index contributed by atoms with van der Waals surface area (Å²) in [4.78, 5) is 15.4. The van der Waals surface area contributed by atoms with Crippen LogP contribution in [0.5, 0.6) is 0 Å². The van der Waals surface area contributed by atoms with Crippen molar-refractivity contribution in [3.05, 3.63) is 48.3 Å². The van der Waals surface area contributed by atoms with E-state index in [9.17, 15) is 14.3 Å². The summed E-state index contributed by atoms with van der Waals surface area (Å²) < 4.78 is 15.4. The third-order valence-corrected chi connectivity index (χ3v) is 2.97. The minimum atomic E-state index is -1.09. The lowest BCUT2D eigenvalue weighted by atomic mass is 10.2. The van der Waals surface area contributed by atoms with E-state index >= 15 is 0 Å². The Morgan fingerprint density at radius 1 is 1.40 bits per heavy atom. The number of anilines is 1. The zero-order chi connectivity index (χ0) is 14.7. The van der Waals surface area contributed by atoms with Gasteiger partial charge in [0.15, 0.2) is 6.04 Å². The molecule has 1 aromatic heterocycles. The van der Waals surface area contributed by atoms with Gasteiger partial charge in [0, 0.05) is 6.04 Å². The molecule has 0 bridgehead atoms. The Morgan fingerprint density at radius 2 is 2.10 bits per heavy atom. The number of aliphatic carboxylic acids is 1. The lowest BCUT2D eigenvalue weighted by Gasteiger charge is -2.19. The first-order valence-electron chi connectivity index (χ1n) is 6.26. The van der Waals surface area contributed by atoms with E-state index in [-0.39, 0.29) is 11.7 Å². The minimum Gasteiger partial charge on any atom is -0.479 e. The second-order valence-corrected chi connectivity index (χ2v) is 4.71. The number of benzene rings is 1. The number of aromatic nitrogens is 2. The van der Waals surface area contributed by atoms with Gasteiger partial charge in [0.25, 0.3) is 0 Å². The van der Waals surface area contributed by atoms with Crippen LogP contribution in [0.4, 0.5) is 10.1 Å². The predicted molar refractivity (Wildman–Crippen MR) is 73.0 cm³/mol. The highest BCUT2D eigenvalue weighted by atomic mass is 19.1. The van der Waals surface area contributed by atoms with Crippen molar-refractivity contribution in [3.63, 3.8) is 0 Å². The number of halogens is 1. The Balaban J connectivity index is 2.35. The van der Waals surface area contributed by atoms with E-state index < -0.39 is 17.8 Å². The fourth-order valence-electron chi connectivity index (χ4n) is 1.97. The normalized spacial score (nSPS) is 12.4. The fourth-order valence-corrected chi connectivity index (χ4v) is 1.97. The number of carboxylic acids is 1. The molecular formula is C14H16FN3O2. The molecule has 20 heavy (non-hydrogen) atoms. The molecule has 0 spiro atoms. The van der Waals surface area contributed by atoms with Crippen molar-refractivity contribution in [2.75, 3.05) is 5.32 Å². The third kappa shape index (κ3) is 2.79. The number of carbonyl (C=O) groups is 1. The monoisotopic (exact) mass is 277 g/mol. The molecule has 2 rings (SSSR count). The van der Waals surface area contributed by atoms with E-state index in [2.05, 4.69) is 10.3 Å². The summed E-state index contributed by atoms with van der Waals surface area (Å²) in [7, 11) is 0. The topological polar surface area (TPSA) is 67.2 Å². The summed E-state index contributed by atoms with van der Waals surface area (Å²) in [5.74, 6) is -1.58. The largest absolute Gasteiger partial charge is 0.479 e. The van der Waals surface area contributed by atoms with Gasteiger partial charge in [-0.3, -0.25) is 0 Å². The Morgan fingerprint density at radius 3 is 2.70 bits per heavy atom. The minimum absolute atomic E-state index is 0.0665. The number of hydrogen-bond donors (Lipinski definition) is 2. The number of nitrogens with one attached hydrogen (secondary N) is 1. The summed E-state index contributed by atoms with van der Waals surface area (Å²) in [6.07, 6.45) is 3.05. The number of para-hydroxylation sites is 1. The highest BCUT2D eigenvalue weighted by molar-refractivity contribution is 5.78. The van der Waals surface area contributed by atoms with Crippen LogP contribution in [-0.4, -0.2) is 20.6 Å². The third-order valence-electron chi connectivity index (χ3n) is 2.97. The average Bonchev–Trinajstić information content (AvgIpc) is 2.86. The Labute approximate surface area is 116 Å². The highest BCUT2D eigenvalue weighted by Gasteiger charge is 2.25. The molecule has 0 saturated heterocycles. The number of hydrogen-bond acceptors (Lipinski definition) is 3. The maximum Gasteiger partial charge on any atom is 0.332 e. The Bertz CT molecular complexity index is 610. The molecule has 0 fully saturated rings. The highest BCUT2D eigenvalue weighted by Crippen LogP contribution is 2.23. The fraction of sp³-hybridized carbons (Fsp3) is 0.286. The molecule has 6 heteroatoms. The standard InChI is InChI=1S/C14H16FN3O2/c1-9(2)18-8-16-7-12(18)13(14(19)20)17-11-6-4-3-5-10(11)15/h3-9,13,17H,1-2H3,(H,19,20). The van der Waals surface area contributed by atoms with Crippen LogP contribution < -0.4 is 5.32 Å². The van der Waals surface area contributed by atoms with Gasteiger partial charge >= 0.3 is 5.97 Å². The van der Waals surface area contributed by atoms with Crippen molar-refractivity contribution < 1.29 is 14.3 Å². The van der Waals surface area contributed by atoms with Gasteiger partial charge in [-0.25, -0.2) is 14.2 Å². The van der Waals surface area contributed by atoms with Crippen LogP contribution in [0.2, 0.25) is 0 Å². The summed E-state index contributed by atoms with van der Waals surface area (Å²) in [5.41, 5.74) is 0.632. The van der Waals surface area contributed by atoms with Gasteiger partial charge in [0.2, 0.25) is 0 Å². The molecule has 1 aromatic carbocycles. The van der Waals surface area contributed by atoms with Gasteiger partial charge in [-0.2, -0.15) is 0 Å². The molecule has 1 unspecified atom stereocenters. The molecule has 0 saturated carbocycles. The van der Waals surface area contributed by atoms with E-state index in [1.54, 1.807) is 23.0 Å². The van der Waals surface area contributed by atoms with Crippen molar-refractivity contribution in [2.45, 2.75) is 25.9 Å². The van der Waals surface area contributed by atoms with Crippen LogP contribution in [-0.2, 0) is 4.79 Å². The van der Waals surface area contributed by atoms with Crippen molar-refractivity contribution in [1.29, 1.82) is 0 Å². The summed E-state index contributed by atoms with van der Waals surface area (Å²) in [6, 6.07) is 4.98. The van der Waals surface area contributed by atoms with Crippen LogP contribution in [0.3, 0.4) is 0 Å². The number of carboxylic acid groups (broad SMARTS) is 1. The van der Waals surface area contributed by atoms with Crippen molar-refractivity contribution >= 4 is 11.7 Å². The van der Waals surface area contributed by atoms with Crippen molar-refractivity contribution in [3.8, 4) is 0 Å². The average molecular weight is 277 g/mol. The van der Waals surface area contributed by atoms with E-state index in [0.717, 1.165) is 0 Å². The van der Waals surface area contributed by atoms with Gasteiger partial charge in [0.05, 0.1) is 23.9 Å². The molecule has 0 aliphatic heterocycles. The van der Waals surface area contributed by atoms with Crippen LogP contribution in [0, 0.1) is 5.82 Å². The van der Waals surface area contributed by atoms with Crippen molar-refractivity contribution in [2.24, 2.45) is 0 Å². The predicted octanol–water partition coefficient (Wildman–Crippen LogP) is 2.84. The summed E-state index contributed by atoms with van der Waals surface area (Å²) in [6.45, 7) is 3.85. The first-order chi connectivity index (χ1) is 9.50. The molecule has 2 aromatic rings. The molecular weight excluding hydrogens is 261 g/mol. The van der Waals surface area contributed by atoms with Gasteiger partial charge in [-0.1, -0.05) is 12.1 Å². The molecule has 1 heterocycles. The Hall–Kier alpha value is -2.37. The first-order valence-corrected chi connectivity index (χ1v) is 6.26. The maximum atomic E-state index is 13.6. The zero-order valence-electron chi connectivity index (χ0n) is 11.2. The van der Waals surface area contributed by atoms with E-state index in [1.165, 1.54) is 18.3 Å². The quantitative estimate of drug-likeness (QED) is 0.882. The second kappa shape index (κ2) is 5.73. The summed E-state index contributed by atoms with van der Waals surface area (Å²) in [5, 5.41) is 12.1. The maximum absolute atomic E-state index is 13.6. The molecule has 0 aliphatic rings. The lowest BCUT2D eigenvalue weighted by molar-refractivity contribution is -0.138. The molecule has 0 radical (unpaired) electrons. The number of nitrogens with zero attached hydrogens (tertiary/aromatic N) is 2. The van der Waals surface area contributed by atoms with E-state index in [4.69, 9.17) is 0 Å². The SMILES string of the molecule is CC(C)n1cncc1C(Nc1ccccc1F)C(=O)O. The number of rotatable bonds is 5. The number of imidazole rings is 1. The van der Waals surface area contributed by atoms with Gasteiger partial charge in [0.1, 0.15) is 5.82 Å². The van der Waals surface area contributed by atoms with Crippen LogP contribution in [0.15, 0.2) is 36.8 Å². The molecule has 1 atom stereocenters. The summed E-state index contributed by atoms with van der Waals surface area (Å²) >= 11 is 0. The molecule has 2 N–H and O–H groups in total. The van der Waals surface area contributed by atoms with Crippen molar-refractivity contribution in [1.82, 2.24) is 9.55 Å². The Kier molecular flexibility index (Phi) is 4.02.